The maximum Gasteiger partial charge on any atom is 0.121 e. The van der Waals surface area contributed by atoms with E-state index in [0.717, 1.165) is 53.1 Å². The first kappa shape index (κ1) is 22.4. The molecule has 0 radical (unpaired) electrons. The van der Waals surface area contributed by atoms with E-state index in [1.54, 1.807) is 12.4 Å². The quantitative estimate of drug-likeness (QED) is 0.354. The molecule has 2 heterocycles. The Kier molecular flexibility index (Phi) is 8.12. The highest BCUT2D eigenvalue weighted by atomic mass is 16.5. The van der Waals surface area contributed by atoms with E-state index in [4.69, 9.17) is 4.74 Å². The molecular formula is C25H31N5O. The summed E-state index contributed by atoms with van der Waals surface area (Å²) >= 11 is 0. The van der Waals surface area contributed by atoms with Gasteiger partial charge >= 0.3 is 0 Å². The molecular weight excluding hydrogens is 386 g/mol. The molecule has 2 aromatic heterocycles. The van der Waals surface area contributed by atoms with Crippen molar-refractivity contribution in [1.29, 1.82) is 0 Å². The molecule has 0 aliphatic rings. The second-order valence-corrected chi connectivity index (χ2v) is 7.34. The van der Waals surface area contributed by atoms with Gasteiger partial charge in [0.25, 0.3) is 0 Å². The minimum Gasteiger partial charge on any atom is -0.492 e. The average Bonchev–Trinajstić information content (AvgIpc) is 2.81. The van der Waals surface area contributed by atoms with Crippen molar-refractivity contribution < 1.29 is 4.74 Å². The Hall–Kier alpha value is -3.25. The van der Waals surface area contributed by atoms with Crippen LogP contribution >= 0.6 is 0 Å². The van der Waals surface area contributed by atoms with Gasteiger partial charge in [0.15, 0.2) is 0 Å². The maximum atomic E-state index is 5.91. The fraction of sp³-hybridized carbons (Fsp3) is 0.320. The molecule has 6 heteroatoms. The number of ether oxygens (including phenoxy) is 1. The van der Waals surface area contributed by atoms with Crippen LogP contribution in [-0.4, -0.2) is 59.9 Å². The Morgan fingerprint density at radius 3 is 2.68 bits per heavy atom. The van der Waals surface area contributed by atoms with E-state index in [0.29, 0.717) is 6.61 Å². The third-order valence-electron chi connectivity index (χ3n) is 5.18. The molecule has 0 N–H and O–H groups in total. The highest BCUT2D eigenvalue weighted by Crippen LogP contribution is 2.25. The van der Waals surface area contributed by atoms with Gasteiger partial charge in [0.2, 0.25) is 0 Å². The van der Waals surface area contributed by atoms with E-state index in [9.17, 15) is 0 Å². The van der Waals surface area contributed by atoms with Crippen LogP contribution in [0.3, 0.4) is 0 Å². The lowest BCUT2D eigenvalue weighted by atomic mass is 10.1. The lowest BCUT2D eigenvalue weighted by Gasteiger charge is -2.16. The SMILES string of the molecule is CC/C(=C\c1ccnc2cc(OCCN(C)CC)ccc12)N(C)/N=C/c1ccccn1. The van der Waals surface area contributed by atoms with Crippen molar-refractivity contribution in [2.45, 2.75) is 20.3 Å². The van der Waals surface area contributed by atoms with E-state index in [2.05, 4.69) is 53.0 Å². The van der Waals surface area contributed by atoms with Gasteiger partial charge in [-0.25, -0.2) is 0 Å². The lowest BCUT2D eigenvalue weighted by Crippen LogP contribution is -2.23. The number of fused-ring (bicyclic) bond motifs is 1. The molecule has 0 saturated carbocycles. The van der Waals surface area contributed by atoms with Gasteiger partial charge in [-0.2, -0.15) is 5.10 Å². The van der Waals surface area contributed by atoms with Crippen LogP contribution in [0.15, 0.2) is 65.7 Å². The normalized spacial score (nSPS) is 12.1. The van der Waals surface area contributed by atoms with Gasteiger partial charge in [0.1, 0.15) is 12.4 Å². The van der Waals surface area contributed by atoms with Crippen molar-refractivity contribution in [3.05, 3.63) is 71.8 Å². The van der Waals surface area contributed by atoms with Crippen molar-refractivity contribution in [2.24, 2.45) is 5.10 Å². The van der Waals surface area contributed by atoms with Crippen LogP contribution in [0.1, 0.15) is 31.5 Å². The first-order valence-corrected chi connectivity index (χ1v) is 10.7. The van der Waals surface area contributed by atoms with Crippen molar-refractivity contribution >= 4 is 23.2 Å². The summed E-state index contributed by atoms with van der Waals surface area (Å²) in [5.41, 5.74) is 3.96. The van der Waals surface area contributed by atoms with Crippen molar-refractivity contribution in [3.8, 4) is 5.75 Å². The van der Waals surface area contributed by atoms with Gasteiger partial charge in [-0.1, -0.05) is 19.9 Å². The van der Waals surface area contributed by atoms with Gasteiger partial charge in [-0.15, -0.1) is 0 Å². The van der Waals surface area contributed by atoms with Crippen molar-refractivity contribution in [2.75, 3.05) is 33.8 Å². The van der Waals surface area contributed by atoms with Gasteiger partial charge in [-0.05, 0) is 62.0 Å². The Labute approximate surface area is 184 Å². The fourth-order valence-corrected chi connectivity index (χ4v) is 3.12. The number of nitrogens with zero attached hydrogens (tertiary/aromatic N) is 5. The second-order valence-electron chi connectivity index (χ2n) is 7.34. The highest BCUT2D eigenvalue weighted by molar-refractivity contribution is 5.89. The smallest absolute Gasteiger partial charge is 0.121 e. The molecule has 162 valence electrons. The number of hydrazone groups is 1. The summed E-state index contributed by atoms with van der Waals surface area (Å²) < 4.78 is 5.91. The van der Waals surface area contributed by atoms with Crippen molar-refractivity contribution in [1.82, 2.24) is 19.9 Å². The number of hydrogen-bond acceptors (Lipinski definition) is 6. The number of rotatable bonds is 10. The van der Waals surface area contributed by atoms with Crippen LogP contribution in [0.25, 0.3) is 17.0 Å². The van der Waals surface area contributed by atoms with Crippen LogP contribution in [-0.2, 0) is 0 Å². The van der Waals surface area contributed by atoms with E-state index in [1.807, 2.05) is 54.7 Å². The van der Waals surface area contributed by atoms with Crippen LogP contribution in [0.2, 0.25) is 0 Å². The standard InChI is InChI=1S/C25H31N5O/c1-5-22(30(4)28-19-21-9-7-8-13-26-21)17-20-12-14-27-25-18-23(10-11-24(20)25)31-16-15-29(3)6-2/h7-14,17-19H,5-6,15-16H2,1-4H3/b22-17+,28-19+. The summed E-state index contributed by atoms with van der Waals surface area (Å²) in [5.74, 6) is 0.846. The minimum atomic E-state index is 0.661. The fourth-order valence-electron chi connectivity index (χ4n) is 3.12. The molecule has 0 aliphatic heterocycles. The van der Waals surface area contributed by atoms with E-state index < -0.39 is 0 Å². The molecule has 0 spiro atoms. The topological polar surface area (TPSA) is 53.9 Å². The minimum absolute atomic E-state index is 0.661. The van der Waals surface area contributed by atoms with E-state index >= 15 is 0 Å². The zero-order chi connectivity index (χ0) is 22.1. The number of hydrogen-bond donors (Lipinski definition) is 0. The number of aromatic nitrogens is 2. The Morgan fingerprint density at radius 1 is 1.06 bits per heavy atom. The number of allylic oxidation sites excluding steroid dienone is 1. The molecule has 0 aliphatic carbocycles. The zero-order valence-corrected chi connectivity index (χ0v) is 18.8. The molecule has 31 heavy (non-hydrogen) atoms. The van der Waals surface area contributed by atoms with Crippen LogP contribution in [0, 0.1) is 0 Å². The Bertz CT molecular complexity index is 1030. The van der Waals surface area contributed by atoms with Gasteiger partial charge in [0, 0.05) is 43.1 Å². The van der Waals surface area contributed by atoms with Crippen molar-refractivity contribution in [3.63, 3.8) is 0 Å². The first-order chi connectivity index (χ1) is 15.1. The molecule has 0 amide bonds. The summed E-state index contributed by atoms with van der Waals surface area (Å²) in [6, 6.07) is 13.9. The van der Waals surface area contributed by atoms with E-state index in [-0.39, 0.29) is 0 Å². The third kappa shape index (κ3) is 6.36. The van der Waals surface area contributed by atoms with Gasteiger partial charge in [-0.3, -0.25) is 15.0 Å². The predicted octanol–water partition coefficient (Wildman–Crippen LogP) is 4.68. The molecule has 3 aromatic rings. The van der Waals surface area contributed by atoms with E-state index in [1.165, 1.54) is 0 Å². The zero-order valence-electron chi connectivity index (χ0n) is 18.8. The van der Waals surface area contributed by atoms with Crippen LogP contribution < -0.4 is 4.74 Å². The monoisotopic (exact) mass is 417 g/mol. The average molecular weight is 418 g/mol. The summed E-state index contributed by atoms with van der Waals surface area (Å²) in [6.45, 7) is 6.84. The molecule has 3 rings (SSSR count). The lowest BCUT2D eigenvalue weighted by molar-refractivity contribution is 0.244. The molecule has 0 saturated heterocycles. The Balaban J connectivity index is 1.78. The summed E-state index contributed by atoms with van der Waals surface area (Å²) in [7, 11) is 4.05. The molecule has 0 atom stereocenters. The second kappa shape index (κ2) is 11.2. The van der Waals surface area contributed by atoms with Gasteiger partial charge in [0.05, 0.1) is 17.4 Å². The first-order valence-electron chi connectivity index (χ1n) is 10.7. The predicted molar refractivity (Wildman–Crippen MR) is 128 cm³/mol. The molecule has 0 unspecified atom stereocenters. The molecule has 6 nitrogen and oxygen atoms in total. The largest absolute Gasteiger partial charge is 0.492 e. The summed E-state index contributed by atoms with van der Waals surface area (Å²) in [4.78, 5) is 11.1. The highest BCUT2D eigenvalue weighted by Gasteiger charge is 2.06. The van der Waals surface area contributed by atoms with Crippen LogP contribution in [0.5, 0.6) is 5.75 Å². The van der Waals surface area contributed by atoms with Crippen LogP contribution in [0.4, 0.5) is 0 Å². The molecule has 0 fully saturated rings. The maximum absolute atomic E-state index is 5.91. The Morgan fingerprint density at radius 2 is 1.94 bits per heavy atom. The van der Waals surface area contributed by atoms with Gasteiger partial charge < -0.3 is 9.64 Å². The molecule has 1 aromatic carbocycles. The summed E-state index contributed by atoms with van der Waals surface area (Å²) in [6.07, 6.45) is 8.39. The molecule has 0 bridgehead atoms. The number of pyridine rings is 2. The number of likely N-dealkylation sites (N-methyl/N-ethyl adjacent to an activating group) is 1. The summed E-state index contributed by atoms with van der Waals surface area (Å²) in [5, 5.41) is 7.53. The number of benzene rings is 1. The third-order valence-corrected chi connectivity index (χ3v) is 5.18.